The van der Waals surface area contributed by atoms with Crippen LogP contribution >= 0.6 is 0 Å². The molecule has 0 radical (unpaired) electrons. The van der Waals surface area contributed by atoms with E-state index in [-0.39, 0.29) is 5.82 Å². The number of nitrogens with zero attached hydrogens (tertiary/aromatic N) is 1. The molecule has 0 aromatic heterocycles. The molecule has 1 aliphatic rings. The number of nitrogens with one attached hydrogen (secondary N) is 1. The summed E-state index contributed by atoms with van der Waals surface area (Å²) in [4.78, 5) is 2.52. The topological polar surface area (TPSA) is 15.3 Å². The summed E-state index contributed by atoms with van der Waals surface area (Å²) in [6.07, 6.45) is 1.17. The van der Waals surface area contributed by atoms with Crippen LogP contribution in [0.4, 0.5) is 4.39 Å². The Morgan fingerprint density at radius 1 is 1.17 bits per heavy atom. The molecule has 0 spiro atoms. The summed E-state index contributed by atoms with van der Waals surface area (Å²) in [7, 11) is 0. The molecule has 1 saturated heterocycles. The van der Waals surface area contributed by atoms with Crippen LogP contribution in [0.15, 0.2) is 48.5 Å². The summed E-state index contributed by atoms with van der Waals surface area (Å²) in [5.41, 5.74) is 3.37. The lowest BCUT2D eigenvalue weighted by Gasteiger charge is -2.31. The van der Waals surface area contributed by atoms with Crippen LogP contribution in [0.3, 0.4) is 0 Å². The van der Waals surface area contributed by atoms with E-state index in [1.807, 2.05) is 24.3 Å². The maximum Gasteiger partial charge on any atom is 0.123 e. The molecule has 1 fully saturated rings. The van der Waals surface area contributed by atoms with Crippen molar-refractivity contribution in [3.8, 4) is 11.1 Å². The molecule has 0 unspecified atom stereocenters. The predicted molar refractivity (Wildman–Crippen MR) is 98.4 cm³/mol. The average molecular weight is 326 g/mol. The van der Waals surface area contributed by atoms with Gasteiger partial charge in [0.05, 0.1) is 0 Å². The van der Waals surface area contributed by atoms with E-state index in [0.29, 0.717) is 12.0 Å². The van der Waals surface area contributed by atoms with Crippen LogP contribution in [0.25, 0.3) is 11.1 Å². The lowest BCUT2D eigenvalue weighted by atomic mass is 9.98. The second kappa shape index (κ2) is 7.91. The SMILES string of the molecule is CC(C)CN(Cc1cc(F)ccc1-c1ccccc1)[C@H]1CCNC1. The summed E-state index contributed by atoms with van der Waals surface area (Å²) in [5, 5.41) is 3.45. The van der Waals surface area contributed by atoms with Crippen molar-refractivity contribution in [2.24, 2.45) is 5.92 Å². The number of hydrogen-bond acceptors (Lipinski definition) is 2. The van der Waals surface area contributed by atoms with Crippen molar-refractivity contribution >= 4 is 0 Å². The van der Waals surface area contributed by atoms with Crippen LogP contribution in [0.1, 0.15) is 25.8 Å². The summed E-state index contributed by atoms with van der Waals surface area (Å²) in [6.45, 7) is 8.44. The Morgan fingerprint density at radius 2 is 1.96 bits per heavy atom. The first-order valence-electron chi connectivity index (χ1n) is 8.92. The van der Waals surface area contributed by atoms with Crippen LogP contribution in [0, 0.1) is 11.7 Å². The quantitative estimate of drug-likeness (QED) is 0.851. The molecule has 2 aromatic carbocycles. The zero-order valence-electron chi connectivity index (χ0n) is 14.6. The van der Waals surface area contributed by atoms with E-state index in [4.69, 9.17) is 0 Å². The standard InChI is InChI=1S/C21H27FN2/c1-16(2)14-24(20-10-11-23-13-20)15-18-12-19(22)8-9-21(18)17-6-4-3-5-7-17/h3-9,12,16,20,23H,10-11,13-15H2,1-2H3/t20-/m0/s1. The van der Waals surface area contributed by atoms with Gasteiger partial charge in [-0.3, -0.25) is 4.90 Å². The Morgan fingerprint density at radius 3 is 2.62 bits per heavy atom. The molecule has 1 atom stereocenters. The van der Waals surface area contributed by atoms with Crippen molar-refractivity contribution in [3.63, 3.8) is 0 Å². The second-order valence-electron chi connectivity index (χ2n) is 7.14. The highest BCUT2D eigenvalue weighted by atomic mass is 19.1. The first-order chi connectivity index (χ1) is 11.6. The van der Waals surface area contributed by atoms with Gasteiger partial charge in [0, 0.05) is 25.7 Å². The Balaban J connectivity index is 1.90. The number of halogens is 1. The van der Waals surface area contributed by atoms with Gasteiger partial charge in [-0.1, -0.05) is 50.2 Å². The molecular weight excluding hydrogens is 299 g/mol. The molecule has 0 bridgehead atoms. The van der Waals surface area contributed by atoms with Crippen molar-refractivity contribution in [2.75, 3.05) is 19.6 Å². The zero-order valence-corrected chi connectivity index (χ0v) is 14.6. The fourth-order valence-corrected chi connectivity index (χ4v) is 3.57. The zero-order chi connectivity index (χ0) is 16.9. The normalized spacial score (nSPS) is 17.8. The summed E-state index contributed by atoms with van der Waals surface area (Å²) in [5.74, 6) is 0.443. The van der Waals surface area contributed by atoms with Crippen LogP contribution in [-0.2, 0) is 6.54 Å². The van der Waals surface area contributed by atoms with Crippen molar-refractivity contribution in [1.29, 1.82) is 0 Å². The van der Waals surface area contributed by atoms with E-state index in [1.165, 1.54) is 6.42 Å². The first-order valence-corrected chi connectivity index (χ1v) is 8.92. The highest BCUT2D eigenvalue weighted by Gasteiger charge is 2.24. The highest BCUT2D eigenvalue weighted by molar-refractivity contribution is 5.67. The second-order valence-corrected chi connectivity index (χ2v) is 7.14. The fraction of sp³-hybridized carbons (Fsp3) is 0.429. The minimum Gasteiger partial charge on any atom is -0.315 e. The van der Waals surface area contributed by atoms with Crippen molar-refractivity contribution in [3.05, 3.63) is 59.9 Å². The molecule has 128 valence electrons. The lowest BCUT2D eigenvalue weighted by Crippen LogP contribution is -2.38. The van der Waals surface area contributed by atoms with E-state index in [9.17, 15) is 4.39 Å². The first kappa shape index (κ1) is 17.1. The Bertz CT molecular complexity index is 648. The Labute approximate surface area is 144 Å². The molecule has 24 heavy (non-hydrogen) atoms. The molecule has 0 aliphatic carbocycles. The molecule has 3 rings (SSSR count). The Hall–Kier alpha value is -1.71. The van der Waals surface area contributed by atoms with Crippen molar-refractivity contribution in [1.82, 2.24) is 10.2 Å². The predicted octanol–water partition coefficient (Wildman–Crippen LogP) is 4.31. The fourth-order valence-electron chi connectivity index (χ4n) is 3.57. The molecule has 1 N–H and O–H groups in total. The number of hydrogen-bond donors (Lipinski definition) is 1. The van der Waals surface area contributed by atoms with Crippen molar-refractivity contribution < 1.29 is 4.39 Å². The van der Waals surface area contributed by atoms with Gasteiger partial charge in [-0.05, 0) is 47.7 Å². The molecule has 3 heteroatoms. The monoisotopic (exact) mass is 326 g/mol. The van der Waals surface area contributed by atoms with E-state index in [0.717, 1.165) is 42.9 Å². The van der Waals surface area contributed by atoms with Crippen molar-refractivity contribution in [2.45, 2.75) is 32.9 Å². The summed E-state index contributed by atoms with van der Waals surface area (Å²) in [6, 6.07) is 16.0. The van der Waals surface area contributed by atoms with Crippen LogP contribution in [0.2, 0.25) is 0 Å². The number of benzene rings is 2. The number of rotatable bonds is 6. The van der Waals surface area contributed by atoms with Gasteiger partial charge in [-0.15, -0.1) is 0 Å². The highest BCUT2D eigenvalue weighted by Crippen LogP contribution is 2.27. The van der Waals surface area contributed by atoms with Gasteiger partial charge in [0.2, 0.25) is 0 Å². The van der Waals surface area contributed by atoms with Gasteiger partial charge < -0.3 is 5.32 Å². The summed E-state index contributed by atoms with van der Waals surface area (Å²) < 4.78 is 13.9. The maximum absolute atomic E-state index is 13.9. The smallest absolute Gasteiger partial charge is 0.123 e. The van der Waals surface area contributed by atoms with Gasteiger partial charge in [0.25, 0.3) is 0 Å². The molecule has 2 aromatic rings. The van der Waals surface area contributed by atoms with Gasteiger partial charge in [0.1, 0.15) is 5.82 Å². The third-order valence-corrected chi connectivity index (χ3v) is 4.68. The van der Waals surface area contributed by atoms with E-state index >= 15 is 0 Å². The van der Waals surface area contributed by atoms with E-state index in [1.54, 1.807) is 12.1 Å². The van der Waals surface area contributed by atoms with Crippen LogP contribution in [0.5, 0.6) is 0 Å². The van der Waals surface area contributed by atoms with Gasteiger partial charge in [-0.25, -0.2) is 4.39 Å². The molecule has 0 saturated carbocycles. The Kier molecular flexibility index (Phi) is 5.64. The summed E-state index contributed by atoms with van der Waals surface area (Å²) >= 11 is 0. The van der Waals surface area contributed by atoms with Gasteiger partial charge >= 0.3 is 0 Å². The minimum absolute atomic E-state index is 0.154. The van der Waals surface area contributed by atoms with E-state index in [2.05, 4.69) is 36.2 Å². The minimum atomic E-state index is -0.154. The molecule has 1 aliphatic heterocycles. The maximum atomic E-state index is 13.9. The lowest BCUT2D eigenvalue weighted by molar-refractivity contribution is 0.177. The van der Waals surface area contributed by atoms with Gasteiger partial charge in [0.15, 0.2) is 0 Å². The largest absolute Gasteiger partial charge is 0.315 e. The van der Waals surface area contributed by atoms with Gasteiger partial charge in [-0.2, -0.15) is 0 Å². The molecule has 0 amide bonds. The average Bonchev–Trinajstić information content (AvgIpc) is 3.09. The van der Waals surface area contributed by atoms with Crippen LogP contribution < -0.4 is 5.32 Å². The molecule has 1 heterocycles. The molecule has 2 nitrogen and oxygen atoms in total. The third-order valence-electron chi connectivity index (χ3n) is 4.68. The third kappa shape index (κ3) is 4.22. The van der Waals surface area contributed by atoms with E-state index < -0.39 is 0 Å². The van der Waals surface area contributed by atoms with Crippen LogP contribution in [-0.4, -0.2) is 30.6 Å². The molecular formula is C21H27FN2.